The van der Waals surface area contributed by atoms with Crippen LogP contribution in [-0.4, -0.2) is 39.2 Å². The fourth-order valence-corrected chi connectivity index (χ4v) is 1.77. The van der Waals surface area contributed by atoms with E-state index in [0.29, 0.717) is 6.04 Å². The molecular weight excluding hydrogens is 200 g/mol. The van der Waals surface area contributed by atoms with Gasteiger partial charge in [-0.15, -0.1) is 0 Å². The molecule has 0 saturated carbocycles. The highest BCUT2D eigenvalue weighted by molar-refractivity contribution is 5.29. The van der Waals surface area contributed by atoms with Crippen LogP contribution in [0.15, 0.2) is 24.3 Å². The fourth-order valence-electron chi connectivity index (χ4n) is 1.77. The summed E-state index contributed by atoms with van der Waals surface area (Å²) in [5.41, 5.74) is 1.32. The first-order chi connectivity index (χ1) is 7.72. The molecule has 1 atom stereocenters. The van der Waals surface area contributed by atoms with E-state index in [1.54, 1.807) is 7.11 Å². The van der Waals surface area contributed by atoms with Crippen molar-refractivity contribution >= 4 is 0 Å². The van der Waals surface area contributed by atoms with Gasteiger partial charge in [0, 0.05) is 12.6 Å². The molecule has 0 fully saturated rings. The van der Waals surface area contributed by atoms with Gasteiger partial charge < -0.3 is 10.1 Å². The summed E-state index contributed by atoms with van der Waals surface area (Å²) in [6.07, 6.45) is 0. The number of nitrogens with zero attached hydrogens (tertiary/aromatic N) is 1. The normalized spacial score (nSPS) is 12.8. The van der Waals surface area contributed by atoms with Gasteiger partial charge in [-0.2, -0.15) is 0 Å². The molecule has 0 aromatic heterocycles. The number of benzene rings is 1. The Morgan fingerprint density at radius 1 is 1.31 bits per heavy atom. The van der Waals surface area contributed by atoms with E-state index < -0.39 is 0 Å². The first-order valence-corrected chi connectivity index (χ1v) is 5.71. The van der Waals surface area contributed by atoms with Crippen molar-refractivity contribution in [1.82, 2.24) is 10.2 Å². The van der Waals surface area contributed by atoms with Crippen molar-refractivity contribution in [2.75, 3.05) is 34.3 Å². The lowest BCUT2D eigenvalue weighted by Gasteiger charge is -2.27. The molecule has 3 nitrogen and oxygen atoms in total. The quantitative estimate of drug-likeness (QED) is 0.795. The minimum absolute atomic E-state index is 0.418. The number of nitrogens with one attached hydrogen (secondary N) is 1. The highest BCUT2D eigenvalue weighted by atomic mass is 16.5. The zero-order chi connectivity index (χ0) is 12.0. The molecule has 0 saturated heterocycles. The zero-order valence-electron chi connectivity index (χ0n) is 10.7. The van der Waals surface area contributed by atoms with Gasteiger partial charge in [-0.1, -0.05) is 19.1 Å². The number of methoxy groups -OCH3 is 1. The molecule has 0 spiro atoms. The Labute approximate surface area is 98.4 Å². The van der Waals surface area contributed by atoms with Gasteiger partial charge in [-0.25, -0.2) is 0 Å². The predicted molar refractivity (Wildman–Crippen MR) is 68.0 cm³/mol. The molecule has 0 aliphatic heterocycles. The van der Waals surface area contributed by atoms with Gasteiger partial charge in [0.05, 0.1) is 7.11 Å². The van der Waals surface area contributed by atoms with Crippen molar-refractivity contribution in [3.05, 3.63) is 29.8 Å². The van der Waals surface area contributed by atoms with E-state index in [1.807, 2.05) is 19.2 Å². The predicted octanol–water partition coefficient (Wildman–Crippen LogP) is 1.91. The largest absolute Gasteiger partial charge is 0.497 e. The van der Waals surface area contributed by atoms with Crippen LogP contribution in [0.4, 0.5) is 0 Å². The second-order valence-corrected chi connectivity index (χ2v) is 3.92. The Hall–Kier alpha value is -1.06. The van der Waals surface area contributed by atoms with Crippen molar-refractivity contribution in [3.8, 4) is 5.75 Å². The Bertz CT molecular complexity index is 297. The first kappa shape index (κ1) is 13.0. The van der Waals surface area contributed by atoms with Crippen LogP contribution >= 0.6 is 0 Å². The smallest absolute Gasteiger partial charge is 0.118 e. The molecule has 1 N–H and O–H groups in total. The SMILES string of the molecule is CCN(C)C(CNC)c1ccc(OC)cc1. The van der Waals surface area contributed by atoms with E-state index in [-0.39, 0.29) is 0 Å². The molecule has 0 bridgehead atoms. The van der Waals surface area contributed by atoms with E-state index in [1.165, 1.54) is 5.56 Å². The van der Waals surface area contributed by atoms with Crippen molar-refractivity contribution in [2.45, 2.75) is 13.0 Å². The summed E-state index contributed by atoms with van der Waals surface area (Å²) in [5, 5.41) is 3.24. The molecule has 0 amide bonds. The van der Waals surface area contributed by atoms with Gasteiger partial charge in [0.25, 0.3) is 0 Å². The van der Waals surface area contributed by atoms with Crippen LogP contribution in [0.2, 0.25) is 0 Å². The maximum atomic E-state index is 5.17. The molecule has 0 radical (unpaired) electrons. The Morgan fingerprint density at radius 3 is 2.38 bits per heavy atom. The Kier molecular flexibility index (Phi) is 5.29. The fraction of sp³-hybridized carbons (Fsp3) is 0.538. The Morgan fingerprint density at radius 2 is 1.94 bits per heavy atom. The summed E-state index contributed by atoms with van der Waals surface area (Å²) in [6, 6.07) is 8.71. The van der Waals surface area contributed by atoms with Gasteiger partial charge in [0.2, 0.25) is 0 Å². The van der Waals surface area contributed by atoms with Crippen LogP contribution in [0.25, 0.3) is 0 Å². The molecule has 90 valence electrons. The van der Waals surface area contributed by atoms with Crippen LogP contribution in [0.5, 0.6) is 5.75 Å². The summed E-state index contributed by atoms with van der Waals surface area (Å²) in [7, 11) is 5.82. The molecule has 0 heterocycles. The molecule has 1 aromatic rings. The monoisotopic (exact) mass is 222 g/mol. The van der Waals surface area contributed by atoms with E-state index >= 15 is 0 Å². The average Bonchev–Trinajstić information content (AvgIpc) is 2.35. The standard InChI is InChI=1S/C13H22N2O/c1-5-15(3)13(10-14-2)11-6-8-12(16-4)9-7-11/h6-9,13-14H,5,10H2,1-4H3. The van der Waals surface area contributed by atoms with Crippen LogP contribution in [0.3, 0.4) is 0 Å². The molecular formula is C13H22N2O. The van der Waals surface area contributed by atoms with E-state index in [0.717, 1.165) is 18.8 Å². The first-order valence-electron chi connectivity index (χ1n) is 5.71. The van der Waals surface area contributed by atoms with Crippen LogP contribution in [0, 0.1) is 0 Å². The van der Waals surface area contributed by atoms with Crippen molar-refractivity contribution in [1.29, 1.82) is 0 Å². The van der Waals surface area contributed by atoms with Gasteiger partial charge in [-0.05, 0) is 38.3 Å². The van der Waals surface area contributed by atoms with Crippen molar-refractivity contribution in [2.24, 2.45) is 0 Å². The van der Waals surface area contributed by atoms with E-state index in [2.05, 4.69) is 36.3 Å². The van der Waals surface area contributed by atoms with Crippen molar-refractivity contribution in [3.63, 3.8) is 0 Å². The maximum absolute atomic E-state index is 5.17. The van der Waals surface area contributed by atoms with Crippen LogP contribution < -0.4 is 10.1 Å². The summed E-state index contributed by atoms with van der Waals surface area (Å²) in [6.45, 7) is 4.17. The molecule has 0 aliphatic carbocycles. The lowest BCUT2D eigenvalue weighted by atomic mass is 10.1. The molecule has 3 heteroatoms. The maximum Gasteiger partial charge on any atom is 0.118 e. The number of hydrogen-bond donors (Lipinski definition) is 1. The van der Waals surface area contributed by atoms with Crippen molar-refractivity contribution < 1.29 is 4.74 Å². The third-order valence-corrected chi connectivity index (χ3v) is 2.93. The van der Waals surface area contributed by atoms with Crippen LogP contribution in [-0.2, 0) is 0 Å². The van der Waals surface area contributed by atoms with Gasteiger partial charge in [0.15, 0.2) is 0 Å². The highest BCUT2D eigenvalue weighted by Gasteiger charge is 2.14. The van der Waals surface area contributed by atoms with Gasteiger partial charge >= 0.3 is 0 Å². The molecule has 1 aromatic carbocycles. The molecule has 0 aliphatic rings. The third-order valence-electron chi connectivity index (χ3n) is 2.93. The lowest BCUT2D eigenvalue weighted by molar-refractivity contribution is 0.253. The lowest BCUT2D eigenvalue weighted by Crippen LogP contribution is -2.31. The van der Waals surface area contributed by atoms with Gasteiger partial charge in [0.1, 0.15) is 5.75 Å². The second kappa shape index (κ2) is 6.51. The molecule has 16 heavy (non-hydrogen) atoms. The minimum atomic E-state index is 0.418. The number of ether oxygens (including phenoxy) is 1. The van der Waals surface area contributed by atoms with E-state index in [9.17, 15) is 0 Å². The summed E-state index contributed by atoms with van der Waals surface area (Å²) >= 11 is 0. The van der Waals surface area contributed by atoms with Crippen LogP contribution in [0.1, 0.15) is 18.5 Å². The second-order valence-electron chi connectivity index (χ2n) is 3.92. The van der Waals surface area contributed by atoms with Gasteiger partial charge in [-0.3, -0.25) is 4.90 Å². The summed E-state index contributed by atoms with van der Waals surface area (Å²) < 4.78 is 5.17. The highest BCUT2D eigenvalue weighted by Crippen LogP contribution is 2.21. The topological polar surface area (TPSA) is 24.5 Å². The number of hydrogen-bond acceptors (Lipinski definition) is 3. The summed E-state index contributed by atoms with van der Waals surface area (Å²) in [5.74, 6) is 0.908. The van der Waals surface area contributed by atoms with E-state index in [4.69, 9.17) is 4.74 Å². The zero-order valence-corrected chi connectivity index (χ0v) is 10.7. The molecule has 1 rings (SSSR count). The summed E-state index contributed by atoms with van der Waals surface area (Å²) in [4.78, 5) is 2.33. The third kappa shape index (κ3) is 3.22. The average molecular weight is 222 g/mol. The Balaban J connectivity index is 2.83. The molecule has 1 unspecified atom stereocenters. The minimum Gasteiger partial charge on any atom is -0.497 e. The number of rotatable bonds is 6. The number of likely N-dealkylation sites (N-methyl/N-ethyl adjacent to an activating group) is 2.